The Balaban J connectivity index is 3.87. The Hall–Kier alpha value is -0.260. The van der Waals surface area contributed by atoms with Crippen molar-refractivity contribution < 1.29 is 0 Å². The molecule has 0 fully saturated rings. The van der Waals surface area contributed by atoms with Crippen molar-refractivity contribution in [2.75, 3.05) is 0 Å². The van der Waals surface area contributed by atoms with E-state index in [1.165, 1.54) is 19.3 Å². The van der Waals surface area contributed by atoms with Gasteiger partial charge in [0.1, 0.15) is 0 Å². The van der Waals surface area contributed by atoms with Crippen LogP contribution in [0.4, 0.5) is 0 Å². The molecule has 0 aromatic carbocycles. The van der Waals surface area contributed by atoms with E-state index in [9.17, 15) is 0 Å². The second-order valence-corrected chi connectivity index (χ2v) is 5.58. The van der Waals surface area contributed by atoms with E-state index in [1.807, 2.05) is 0 Å². The van der Waals surface area contributed by atoms with Crippen LogP contribution in [0.1, 0.15) is 60.8 Å². The SMILES string of the molecule is CCC(C)/C=C\C(C)C(C)CCC(C)C. The van der Waals surface area contributed by atoms with Crippen LogP contribution in [0, 0.1) is 23.7 Å². The molecule has 0 spiro atoms. The minimum Gasteiger partial charge on any atom is -0.0854 e. The van der Waals surface area contributed by atoms with Crippen molar-refractivity contribution in [1.29, 1.82) is 0 Å². The Bertz CT molecular complexity index is 167. The lowest BCUT2D eigenvalue weighted by Gasteiger charge is -2.18. The van der Waals surface area contributed by atoms with Crippen LogP contribution in [0.2, 0.25) is 0 Å². The van der Waals surface area contributed by atoms with E-state index in [2.05, 4.69) is 53.7 Å². The average Bonchev–Trinajstić information content (AvgIpc) is 2.21. The third-order valence-electron chi connectivity index (χ3n) is 3.48. The van der Waals surface area contributed by atoms with E-state index in [0.717, 1.165) is 23.7 Å². The van der Waals surface area contributed by atoms with Gasteiger partial charge in [0.25, 0.3) is 0 Å². The van der Waals surface area contributed by atoms with Gasteiger partial charge in [0.2, 0.25) is 0 Å². The van der Waals surface area contributed by atoms with Crippen LogP contribution >= 0.6 is 0 Å². The van der Waals surface area contributed by atoms with E-state index >= 15 is 0 Å². The molecule has 0 aromatic heterocycles. The molecule has 15 heavy (non-hydrogen) atoms. The first-order valence-electron chi connectivity index (χ1n) is 6.65. The molecular formula is C15H30. The molecule has 0 N–H and O–H groups in total. The summed E-state index contributed by atoms with van der Waals surface area (Å²) >= 11 is 0. The zero-order valence-electron chi connectivity index (χ0n) is 11.6. The Morgan fingerprint density at radius 3 is 1.93 bits per heavy atom. The van der Waals surface area contributed by atoms with Gasteiger partial charge in [-0.1, -0.05) is 66.5 Å². The molecule has 3 unspecified atom stereocenters. The smallest absolute Gasteiger partial charge is 0.0236 e. The summed E-state index contributed by atoms with van der Waals surface area (Å²) in [6.07, 6.45) is 8.78. The number of hydrogen-bond donors (Lipinski definition) is 0. The van der Waals surface area contributed by atoms with E-state index < -0.39 is 0 Å². The van der Waals surface area contributed by atoms with Crippen molar-refractivity contribution >= 4 is 0 Å². The second-order valence-electron chi connectivity index (χ2n) is 5.58. The molecule has 0 saturated heterocycles. The van der Waals surface area contributed by atoms with Gasteiger partial charge < -0.3 is 0 Å². The largest absolute Gasteiger partial charge is 0.0854 e. The zero-order valence-corrected chi connectivity index (χ0v) is 11.6. The molecule has 0 amide bonds. The number of allylic oxidation sites excluding steroid dienone is 2. The predicted octanol–water partition coefficient (Wildman–Crippen LogP) is 5.30. The van der Waals surface area contributed by atoms with E-state index in [-0.39, 0.29) is 0 Å². The van der Waals surface area contributed by atoms with Crippen molar-refractivity contribution in [2.24, 2.45) is 23.7 Å². The maximum Gasteiger partial charge on any atom is -0.0236 e. The minimum atomic E-state index is 0.734. The summed E-state index contributed by atoms with van der Waals surface area (Å²) in [4.78, 5) is 0. The van der Waals surface area contributed by atoms with Crippen molar-refractivity contribution in [3.8, 4) is 0 Å². The molecule has 0 nitrogen and oxygen atoms in total. The zero-order chi connectivity index (χ0) is 11.8. The van der Waals surface area contributed by atoms with Gasteiger partial charge in [0.05, 0.1) is 0 Å². The molecule has 90 valence electrons. The molecule has 0 radical (unpaired) electrons. The van der Waals surface area contributed by atoms with E-state index in [1.54, 1.807) is 0 Å². The number of hydrogen-bond acceptors (Lipinski definition) is 0. The van der Waals surface area contributed by atoms with Gasteiger partial charge in [-0.3, -0.25) is 0 Å². The first-order valence-corrected chi connectivity index (χ1v) is 6.65. The molecule has 0 bridgehead atoms. The summed E-state index contributed by atoms with van der Waals surface area (Å²) in [5.41, 5.74) is 0. The number of rotatable bonds is 7. The van der Waals surface area contributed by atoms with Gasteiger partial charge in [0, 0.05) is 0 Å². The summed E-state index contributed by atoms with van der Waals surface area (Å²) in [6.45, 7) is 13.9. The standard InChI is InChI=1S/C15H30/c1-7-13(4)9-11-15(6)14(5)10-8-12(2)3/h9,11-15H,7-8,10H2,1-6H3/b11-9-. The highest BCUT2D eigenvalue weighted by molar-refractivity contribution is 4.91. The fourth-order valence-corrected chi connectivity index (χ4v) is 1.55. The van der Waals surface area contributed by atoms with E-state index in [4.69, 9.17) is 0 Å². The van der Waals surface area contributed by atoms with Crippen molar-refractivity contribution in [1.82, 2.24) is 0 Å². The van der Waals surface area contributed by atoms with Crippen molar-refractivity contribution in [3.63, 3.8) is 0 Å². The summed E-state index contributed by atoms with van der Waals surface area (Å²) < 4.78 is 0. The van der Waals surface area contributed by atoms with Gasteiger partial charge in [-0.2, -0.15) is 0 Å². The van der Waals surface area contributed by atoms with Crippen molar-refractivity contribution in [3.05, 3.63) is 12.2 Å². The monoisotopic (exact) mass is 210 g/mol. The third kappa shape index (κ3) is 7.64. The Kier molecular flexibility index (Phi) is 7.82. The summed E-state index contributed by atoms with van der Waals surface area (Å²) in [5, 5.41) is 0. The average molecular weight is 210 g/mol. The quantitative estimate of drug-likeness (QED) is 0.500. The van der Waals surface area contributed by atoms with Gasteiger partial charge in [-0.15, -0.1) is 0 Å². The van der Waals surface area contributed by atoms with Crippen LogP contribution in [-0.2, 0) is 0 Å². The highest BCUT2D eigenvalue weighted by Gasteiger charge is 2.09. The van der Waals surface area contributed by atoms with Crippen molar-refractivity contribution in [2.45, 2.75) is 60.8 Å². The van der Waals surface area contributed by atoms with Crippen LogP contribution in [0.15, 0.2) is 12.2 Å². The third-order valence-corrected chi connectivity index (χ3v) is 3.48. The Labute approximate surface area is 97.2 Å². The highest BCUT2D eigenvalue weighted by Crippen LogP contribution is 2.21. The van der Waals surface area contributed by atoms with Gasteiger partial charge >= 0.3 is 0 Å². The first kappa shape index (κ1) is 14.7. The molecule has 0 aliphatic heterocycles. The van der Waals surface area contributed by atoms with Crippen LogP contribution in [0.5, 0.6) is 0 Å². The lowest BCUT2D eigenvalue weighted by molar-refractivity contribution is 0.383. The van der Waals surface area contributed by atoms with E-state index in [0.29, 0.717) is 0 Å². The molecule has 0 heteroatoms. The summed E-state index contributed by atoms with van der Waals surface area (Å²) in [6, 6.07) is 0. The lowest BCUT2D eigenvalue weighted by Crippen LogP contribution is -2.07. The van der Waals surface area contributed by atoms with Gasteiger partial charge in [0.15, 0.2) is 0 Å². The first-order chi connectivity index (χ1) is 6.97. The molecule has 3 atom stereocenters. The summed E-state index contributed by atoms with van der Waals surface area (Å²) in [7, 11) is 0. The van der Waals surface area contributed by atoms with Crippen LogP contribution < -0.4 is 0 Å². The highest BCUT2D eigenvalue weighted by atomic mass is 14.2. The van der Waals surface area contributed by atoms with Crippen LogP contribution in [-0.4, -0.2) is 0 Å². The molecule has 0 aromatic rings. The molecule has 0 aliphatic rings. The summed E-state index contributed by atoms with van der Waals surface area (Å²) in [5.74, 6) is 3.15. The normalized spacial score (nSPS) is 18.3. The molecule has 0 saturated carbocycles. The van der Waals surface area contributed by atoms with Gasteiger partial charge in [-0.05, 0) is 30.1 Å². The Morgan fingerprint density at radius 2 is 1.47 bits per heavy atom. The molecule has 0 rings (SSSR count). The van der Waals surface area contributed by atoms with Gasteiger partial charge in [-0.25, -0.2) is 0 Å². The van der Waals surface area contributed by atoms with Crippen LogP contribution in [0.25, 0.3) is 0 Å². The maximum absolute atomic E-state index is 2.42. The molecular weight excluding hydrogens is 180 g/mol. The topological polar surface area (TPSA) is 0 Å². The lowest BCUT2D eigenvalue weighted by atomic mass is 9.88. The fourth-order valence-electron chi connectivity index (χ4n) is 1.55. The fraction of sp³-hybridized carbons (Fsp3) is 0.867. The Morgan fingerprint density at radius 1 is 0.867 bits per heavy atom. The maximum atomic E-state index is 2.42. The molecule has 0 heterocycles. The second kappa shape index (κ2) is 7.96. The minimum absolute atomic E-state index is 0.734. The van der Waals surface area contributed by atoms with Crippen LogP contribution in [0.3, 0.4) is 0 Å². The predicted molar refractivity (Wildman–Crippen MR) is 71.0 cm³/mol. The molecule has 0 aliphatic carbocycles.